The van der Waals surface area contributed by atoms with Crippen molar-refractivity contribution in [2.24, 2.45) is 5.92 Å². The lowest BCUT2D eigenvalue weighted by molar-refractivity contribution is 0.0782. The van der Waals surface area contributed by atoms with Crippen molar-refractivity contribution in [2.45, 2.75) is 32.2 Å². The molecule has 3 heterocycles. The molecule has 0 unspecified atom stereocenters. The Morgan fingerprint density at radius 1 is 1.08 bits per heavy atom. The monoisotopic (exact) mass is 349 g/mol. The lowest BCUT2D eigenvalue weighted by Crippen LogP contribution is -2.33. The van der Waals surface area contributed by atoms with Crippen molar-refractivity contribution in [3.05, 3.63) is 65.5 Å². The number of aromatic nitrogens is 1. The lowest BCUT2D eigenvalue weighted by Gasteiger charge is -2.27. The smallest absolute Gasteiger partial charge is 0.253 e. The summed E-state index contributed by atoms with van der Waals surface area (Å²) in [5.74, 6) is 0.736. The van der Waals surface area contributed by atoms with Crippen molar-refractivity contribution >= 4 is 5.91 Å². The summed E-state index contributed by atoms with van der Waals surface area (Å²) >= 11 is 0. The molecule has 0 spiro atoms. The van der Waals surface area contributed by atoms with E-state index in [1.165, 1.54) is 18.5 Å². The first kappa shape index (κ1) is 17.2. The van der Waals surface area contributed by atoms with Gasteiger partial charge in [-0.15, -0.1) is 0 Å². The molecule has 136 valence electrons. The fraction of sp³-hybridized carbons (Fsp3) is 0.455. The Morgan fingerprint density at radius 3 is 2.73 bits per heavy atom. The summed E-state index contributed by atoms with van der Waals surface area (Å²) in [7, 11) is 0. The summed E-state index contributed by atoms with van der Waals surface area (Å²) in [6.45, 7) is 6.02. The van der Waals surface area contributed by atoms with E-state index in [1.807, 2.05) is 35.2 Å². The number of benzene rings is 1. The summed E-state index contributed by atoms with van der Waals surface area (Å²) in [5.41, 5.74) is 3.10. The van der Waals surface area contributed by atoms with Gasteiger partial charge in [0.1, 0.15) is 0 Å². The summed E-state index contributed by atoms with van der Waals surface area (Å²) in [5, 5.41) is 0. The second kappa shape index (κ2) is 7.58. The van der Waals surface area contributed by atoms with Gasteiger partial charge in [-0.25, -0.2) is 0 Å². The number of amides is 1. The van der Waals surface area contributed by atoms with Crippen LogP contribution in [0.3, 0.4) is 0 Å². The topological polar surface area (TPSA) is 36.4 Å². The maximum absolute atomic E-state index is 12.7. The van der Waals surface area contributed by atoms with Crippen LogP contribution < -0.4 is 0 Å². The van der Waals surface area contributed by atoms with Gasteiger partial charge in [0.15, 0.2) is 0 Å². The number of hydrogen-bond donors (Lipinski definition) is 0. The first-order valence-electron chi connectivity index (χ1n) is 9.72. The van der Waals surface area contributed by atoms with E-state index in [2.05, 4.69) is 30.0 Å². The molecule has 1 amide bonds. The second-order valence-corrected chi connectivity index (χ2v) is 7.63. The van der Waals surface area contributed by atoms with Gasteiger partial charge in [0, 0.05) is 30.9 Å². The van der Waals surface area contributed by atoms with E-state index in [9.17, 15) is 4.79 Å². The Bertz CT molecular complexity index is 761. The first-order chi connectivity index (χ1) is 12.7. The Kier molecular flexibility index (Phi) is 5.02. The minimum atomic E-state index is 0.173. The second-order valence-electron chi connectivity index (χ2n) is 7.63. The van der Waals surface area contributed by atoms with Crippen LogP contribution in [0.1, 0.15) is 47.1 Å². The molecular formula is C22H27N3O. The van der Waals surface area contributed by atoms with Crippen LogP contribution in [0.25, 0.3) is 0 Å². The predicted molar refractivity (Wildman–Crippen MR) is 103 cm³/mol. The highest BCUT2D eigenvalue weighted by Crippen LogP contribution is 2.33. The van der Waals surface area contributed by atoms with Gasteiger partial charge < -0.3 is 4.90 Å². The van der Waals surface area contributed by atoms with E-state index in [1.54, 1.807) is 0 Å². The van der Waals surface area contributed by atoms with Gasteiger partial charge in [-0.2, -0.15) is 0 Å². The summed E-state index contributed by atoms with van der Waals surface area (Å²) in [6.07, 6.45) is 3.53. The van der Waals surface area contributed by atoms with Crippen LogP contribution in [0, 0.1) is 12.8 Å². The van der Waals surface area contributed by atoms with Gasteiger partial charge in [0.05, 0.1) is 11.7 Å². The lowest BCUT2D eigenvalue weighted by atomic mass is 10.1. The standard InChI is InChI=1S/C22H27N3O/c1-17-7-5-10-20(23-17)21-11-6-13-24(21)15-18-12-14-25(16-18)22(26)19-8-3-2-4-9-19/h2-5,7-10,18,21H,6,11-16H2,1H3/t18-,21-/m1/s1. The largest absolute Gasteiger partial charge is 0.338 e. The van der Waals surface area contributed by atoms with E-state index in [4.69, 9.17) is 4.98 Å². The third kappa shape index (κ3) is 3.65. The third-order valence-electron chi connectivity index (χ3n) is 5.70. The van der Waals surface area contributed by atoms with E-state index in [0.29, 0.717) is 12.0 Å². The number of hydrogen-bond acceptors (Lipinski definition) is 3. The number of rotatable bonds is 4. The molecule has 0 bridgehead atoms. The van der Waals surface area contributed by atoms with Crippen molar-refractivity contribution in [1.82, 2.24) is 14.8 Å². The zero-order valence-corrected chi connectivity index (χ0v) is 15.5. The highest BCUT2D eigenvalue weighted by molar-refractivity contribution is 5.94. The Morgan fingerprint density at radius 2 is 1.92 bits per heavy atom. The van der Waals surface area contributed by atoms with Crippen LogP contribution in [0.4, 0.5) is 0 Å². The molecule has 4 heteroatoms. The number of pyridine rings is 1. The molecule has 2 atom stereocenters. The molecule has 0 N–H and O–H groups in total. The van der Waals surface area contributed by atoms with Crippen LogP contribution in [-0.4, -0.2) is 46.9 Å². The number of aryl methyl sites for hydroxylation is 1. The molecular weight excluding hydrogens is 322 g/mol. The Balaban J connectivity index is 1.38. The Hall–Kier alpha value is -2.20. The van der Waals surface area contributed by atoms with Crippen molar-refractivity contribution in [1.29, 1.82) is 0 Å². The van der Waals surface area contributed by atoms with E-state index in [0.717, 1.165) is 43.9 Å². The van der Waals surface area contributed by atoms with Crippen LogP contribution >= 0.6 is 0 Å². The molecule has 1 aromatic heterocycles. The average molecular weight is 349 g/mol. The van der Waals surface area contributed by atoms with Crippen molar-refractivity contribution in [3.8, 4) is 0 Å². The fourth-order valence-corrected chi connectivity index (χ4v) is 4.39. The molecule has 2 aromatic rings. The molecule has 4 nitrogen and oxygen atoms in total. The van der Waals surface area contributed by atoms with Crippen molar-refractivity contribution in [2.75, 3.05) is 26.2 Å². The molecule has 0 saturated carbocycles. The molecule has 2 aliphatic rings. The molecule has 4 rings (SSSR count). The first-order valence-corrected chi connectivity index (χ1v) is 9.72. The zero-order valence-electron chi connectivity index (χ0n) is 15.5. The maximum atomic E-state index is 12.7. The summed E-state index contributed by atoms with van der Waals surface area (Å²) in [4.78, 5) is 22.0. The fourth-order valence-electron chi connectivity index (χ4n) is 4.39. The van der Waals surface area contributed by atoms with Crippen molar-refractivity contribution in [3.63, 3.8) is 0 Å². The number of carbonyl (C=O) groups is 1. The van der Waals surface area contributed by atoms with Gasteiger partial charge in [-0.05, 0) is 62.9 Å². The van der Waals surface area contributed by atoms with Crippen molar-refractivity contribution < 1.29 is 4.79 Å². The highest BCUT2D eigenvalue weighted by Gasteiger charge is 2.33. The van der Waals surface area contributed by atoms with Gasteiger partial charge in [0.25, 0.3) is 5.91 Å². The van der Waals surface area contributed by atoms with Crippen LogP contribution in [0.15, 0.2) is 48.5 Å². The highest BCUT2D eigenvalue weighted by atomic mass is 16.2. The molecule has 2 fully saturated rings. The summed E-state index contributed by atoms with van der Waals surface area (Å²) < 4.78 is 0. The quantitative estimate of drug-likeness (QED) is 0.845. The van der Waals surface area contributed by atoms with Gasteiger partial charge in [-0.3, -0.25) is 14.7 Å². The molecule has 0 aliphatic carbocycles. The maximum Gasteiger partial charge on any atom is 0.253 e. The minimum Gasteiger partial charge on any atom is -0.338 e. The van der Waals surface area contributed by atoms with Gasteiger partial charge in [0.2, 0.25) is 0 Å². The number of nitrogens with zero attached hydrogens (tertiary/aromatic N) is 3. The number of carbonyl (C=O) groups excluding carboxylic acids is 1. The zero-order chi connectivity index (χ0) is 17.9. The van der Waals surface area contributed by atoms with Crippen LogP contribution in [-0.2, 0) is 0 Å². The Labute approximate surface area is 155 Å². The minimum absolute atomic E-state index is 0.173. The number of likely N-dealkylation sites (tertiary alicyclic amines) is 2. The molecule has 2 saturated heterocycles. The van der Waals surface area contributed by atoms with Crippen LogP contribution in [0.5, 0.6) is 0 Å². The molecule has 1 aromatic carbocycles. The summed E-state index contributed by atoms with van der Waals surface area (Å²) in [6, 6.07) is 16.4. The SMILES string of the molecule is Cc1cccc([C@H]2CCCN2C[C@H]2CCN(C(=O)c3ccccc3)C2)n1. The van der Waals surface area contributed by atoms with Crippen LogP contribution in [0.2, 0.25) is 0 Å². The molecule has 26 heavy (non-hydrogen) atoms. The van der Waals surface area contributed by atoms with E-state index < -0.39 is 0 Å². The third-order valence-corrected chi connectivity index (χ3v) is 5.70. The predicted octanol–water partition coefficient (Wildman–Crippen LogP) is 3.69. The van der Waals surface area contributed by atoms with Gasteiger partial charge in [-0.1, -0.05) is 24.3 Å². The normalized spacial score (nSPS) is 23.5. The van der Waals surface area contributed by atoms with E-state index in [-0.39, 0.29) is 5.91 Å². The molecule has 2 aliphatic heterocycles. The molecule has 0 radical (unpaired) electrons. The van der Waals surface area contributed by atoms with Gasteiger partial charge >= 0.3 is 0 Å². The van der Waals surface area contributed by atoms with E-state index >= 15 is 0 Å². The average Bonchev–Trinajstić information content (AvgIpc) is 3.32.